The molecule has 4 heterocycles. The summed E-state index contributed by atoms with van der Waals surface area (Å²) in [6.07, 6.45) is -26.3. The average Bonchev–Trinajstić information content (AvgIpc) is 3.52. The van der Waals surface area contributed by atoms with Crippen LogP contribution >= 0.6 is 0 Å². The van der Waals surface area contributed by atoms with Gasteiger partial charge in [0.15, 0.2) is 30.3 Å². The number of carbonyl (C=O) groups is 2. The summed E-state index contributed by atoms with van der Waals surface area (Å²) in [7, 11) is 4.58. The lowest BCUT2D eigenvalue weighted by molar-refractivity contribution is -0.423. The number of aliphatic imine (C=N–C) groups is 2. The molecule has 2 aliphatic carbocycles. The van der Waals surface area contributed by atoms with Gasteiger partial charge in [-0.15, -0.1) is 0 Å². The fourth-order valence-corrected chi connectivity index (χ4v) is 10.2. The van der Waals surface area contributed by atoms with Crippen molar-refractivity contribution in [3.63, 3.8) is 0 Å². The van der Waals surface area contributed by atoms with Crippen LogP contribution in [0.25, 0.3) is 0 Å². The Morgan fingerprint density at radius 3 is 2.03 bits per heavy atom. The van der Waals surface area contributed by atoms with Crippen LogP contribution in [0.4, 0.5) is 0 Å². The van der Waals surface area contributed by atoms with Crippen molar-refractivity contribution in [3.8, 4) is 0 Å². The van der Waals surface area contributed by atoms with Crippen LogP contribution in [0.3, 0.4) is 0 Å². The van der Waals surface area contributed by atoms with E-state index in [1.54, 1.807) is 18.9 Å². The van der Waals surface area contributed by atoms with E-state index in [1.807, 2.05) is 0 Å². The third-order valence-electron chi connectivity index (χ3n) is 14.2. The van der Waals surface area contributed by atoms with Gasteiger partial charge in [0.2, 0.25) is 12.2 Å². The lowest BCUT2D eigenvalue weighted by atomic mass is 9.79. The van der Waals surface area contributed by atoms with Gasteiger partial charge in [-0.3, -0.25) is 19.4 Å². The molecule has 4 saturated heterocycles. The van der Waals surface area contributed by atoms with Crippen molar-refractivity contribution in [2.75, 3.05) is 54.0 Å². The lowest BCUT2D eigenvalue weighted by Gasteiger charge is -2.56. The molecule has 0 spiro atoms. The van der Waals surface area contributed by atoms with Gasteiger partial charge in [0.1, 0.15) is 84.8 Å². The lowest BCUT2D eigenvalue weighted by Crippen LogP contribution is -2.78. The molecule has 0 aromatic heterocycles. The van der Waals surface area contributed by atoms with E-state index in [1.165, 1.54) is 25.9 Å². The molecule has 21 N–H and O–H groups in total. The second kappa shape index (κ2) is 22.5. The fourth-order valence-electron chi connectivity index (χ4n) is 10.2. The van der Waals surface area contributed by atoms with Gasteiger partial charge < -0.3 is 123 Å². The number of nitrogens with zero attached hydrogens (tertiary/aromatic N) is 4. The van der Waals surface area contributed by atoms with Gasteiger partial charge in [0.25, 0.3) is 5.79 Å². The Kier molecular flexibility index (Phi) is 18.1. The third-order valence-corrected chi connectivity index (χ3v) is 14.2. The van der Waals surface area contributed by atoms with E-state index in [-0.39, 0.29) is 32.5 Å². The van der Waals surface area contributed by atoms with Crippen LogP contribution in [0.1, 0.15) is 26.7 Å². The van der Waals surface area contributed by atoms with Gasteiger partial charge in [-0.25, -0.2) is 9.98 Å². The number of nitrogens with one attached hydrogen (secondary N) is 2. The second-order valence-corrected chi connectivity index (χ2v) is 18.8. The summed E-state index contributed by atoms with van der Waals surface area (Å²) < 4.78 is 41.7. The molecule has 1 amide bonds. The summed E-state index contributed by atoms with van der Waals surface area (Å²) in [5.41, 5.74) is 19.9. The van der Waals surface area contributed by atoms with Gasteiger partial charge in [-0.2, -0.15) is 0 Å². The quantitative estimate of drug-likeness (QED) is 0.0475. The standard InChI is InChI=1S/C40H72N10O20/c1-13-10-16(53)40(63)36(64-13)68-32-27(59)18(45-3)25(57)21(31(32)70-40)49(4)8-6-17(54)46-7-9-50(5)22-28(60)23(55)15(11-51)66-34(22)69-33-35(65-14(2)39(33,62)12-52)67-30-20(48-38(43)44)24(56)19(47-37(41)42)26(58)29(30)61/h13-15,18-36,45,51-52,55-63H,6-12H2,1-5H3,(H,46,54)(H4,41,42,47)(H4,43,44,48)/t13-,14-,15?,18-,19?,20+,21+,22?,23+,24?,25+,26-,27+,28-,29?,30+,31-,32-,33?,34+,35+,36+,39+,40+/m1/s1. The summed E-state index contributed by atoms with van der Waals surface area (Å²) in [5.74, 6) is -4.81. The maximum atomic E-state index is 13.3. The van der Waals surface area contributed by atoms with E-state index < -0.39 is 183 Å². The van der Waals surface area contributed by atoms with Gasteiger partial charge >= 0.3 is 0 Å². The Morgan fingerprint density at radius 1 is 0.771 bits per heavy atom. The highest BCUT2D eigenvalue weighted by atomic mass is 16.8. The highest BCUT2D eigenvalue weighted by molar-refractivity contribution is 5.87. The van der Waals surface area contributed by atoms with E-state index >= 15 is 0 Å². The van der Waals surface area contributed by atoms with E-state index in [0.29, 0.717) is 0 Å². The minimum atomic E-state index is -2.51. The second-order valence-electron chi connectivity index (χ2n) is 18.8. The molecule has 6 rings (SSSR count). The Balaban J connectivity index is 1.13. The predicted octanol–water partition coefficient (Wildman–Crippen LogP) is -11.3. The normalized spacial score (nSPS) is 46.3. The molecular weight excluding hydrogens is 940 g/mol. The Bertz CT molecular complexity index is 1860. The first-order valence-corrected chi connectivity index (χ1v) is 22.9. The number of rotatable bonds is 17. The molecule has 0 bridgehead atoms. The average molecular weight is 1010 g/mol. The molecule has 0 aromatic carbocycles. The van der Waals surface area contributed by atoms with E-state index in [4.69, 9.17) is 56.1 Å². The number of likely N-dealkylation sites (N-methyl/N-ethyl adjacent to an activating group) is 3. The third kappa shape index (κ3) is 10.9. The SMILES string of the molecule is CN[C@H]1[C@H](O)[C@H]2O[C@@H]3O[C@H](C)CC(=O)[C@]3(O)O[C@@H]2[C@@H](N(C)CCC(=O)NCCN(C)C2[C@H](OC3[C@H](O[C@@H]4C(O)[C@H](O)C(N=C(N)N)C(O)[C@@H]4N=C(N)N)O[C@H](C)[C@@]3(O)CO)OC(CO)[C@H](O)[C@@H]2O)[C@H]1O. The van der Waals surface area contributed by atoms with Crippen molar-refractivity contribution in [2.24, 2.45) is 32.9 Å². The number of hydrogen-bond donors (Lipinski definition) is 17. The first-order valence-electron chi connectivity index (χ1n) is 22.9. The number of amides is 1. The highest BCUT2D eigenvalue weighted by Crippen LogP contribution is 2.43. The van der Waals surface area contributed by atoms with Crippen LogP contribution in [-0.2, 0) is 42.7 Å². The van der Waals surface area contributed by atoms with Crippen LogP contribution < -0.4 is 33.6 Å². The predicted molar refractivity (Wildman–Crippen MR) is 235 cm³/mol. The molecule has 2 saturated carbocycles. The summed E-state index contributed by atoms with van der Waals surface area (Å²) in [5, 5.41) is 128. The molecule has 6 aliphatic rings. The van der Waals surface area contributed by atoms with Crippen molar-refractivity contribution in [1.29, 1.82) is 0 Å². The van der Waals surface area contributed by atoms with Gasteiger partial charge in [-0.1, -0.05) is 0 Å². The fraction of sp³-hybridized carbons (Fsp3) is 0.900. The molecule has 70 heavy (non-hydrogen) atoms. The minimum Gasteiger partial charge on any atom is -0.394 e. The molecule has 6 unspecified atom stereocenters. The first-order chi connectivity index (χ1) is 32.8. The molecular formula is C40H72N10O20. The van der Waals surface area contributed by atoms with E-state index in [2.05, 4.69) is 20.6 Å². The Morgan fingerprint density at radius 2 is 1.41 bits per heavy atom. The Hall–Kier alpha value is -3.16. The number of ether oxygens (including phenoxy) is 7. The van der Waals surface area contributed by atoms with Crippen molar-refractivity contribution in [3.05, 3.63) is 0 Å². The number of hydrogen-bond acceptors (Lipinski definition) is 25. The van der Waals surface area contributed by atoms with Crippen LogP contribution in [0, 0.1) is 0 Å². The van der Waals surface area contributed by atoms with Crippen molar-refractivity contribution in [1.82, 2.24) is 20.4 Å². The number of fused-ring (bicyclic) bond motifs is 2. The molecule has 24 atom stereocenters. The zero-order valence-electron chi connectivity index (χ0n) is 39.3. The van der Waals surface area contributed by atoms with E-state index in [9.17, 15) is 65.8 Å². The maximum absolute atomic E-state index is 13.3. The number of aliphatic hydroxyl groups excluding tert-OH is 9. The molecule has 0 radical (unpaired) electrons. The largest absolute Gasteiger partial charge is 0.394 e. The topological polar surface area (TPSA) is 481 Å². The van der Waals surface area contributed by atoms with Gasteiger partial charge in [0.05, 0.1) is 49.7 Å². The highest BCUT2D eigenvalue weighted by Gasteiger charge is 2.65. The zero-order valence-corrected chi connectivity index (χ0v) is 39.3. The minimum absolute atomic E-state index is 0.00999. The summed E-state index contributed by atoms with van der Waals surface area (Å²) >= 11 is 0. The Labute approximate surface area is 402 Å². The zero-order chi connectivity index (χ0) is 51.9. The van der Waals surface area contributed by atoms with E-state index in [0.717, 1.165) is 0 Å². The monoisotopic (exact) mass is 1010 g/mol. The summed E-state index contributed by atoms with van der Waals surface area (Å²) in [6.45, 7) is 0.976. The molecule has 4 aliphatic heterocycles. The smallest absolute Gasteiger partial charge is 0.280 e. The molecule has 402 valence electrons. The number of carbonyl (C=O) groups excluding carboxylic acids is 2. The number of Topliss-reactive ketones (excluding diaryl/α,β-unsaturated/α-hetero) is 1. The van der Waals surface area contributed by atoms with Crippen molar-refractivity contribution in [2.45, 2.75) is 173 Å². The van der Waals surface area contributed by atoms with Crippen molar-refractivity contribution >= 4 is 23.6 Å². The summed E-state index contributed by atoms with van der Waals surface area (Å²) in [4.78, 5) is 37.1. The van der Waals surface area contributed by atoms with Gasteiger partial charge in [0, 0.05) is 32.5 Å². The van der Waals surface area contributed by atoms with Crippen LogP contribution in [0.5, 0.6) is 0 Å². The van der Waals surface area contributed by atoms with Crippen molar-refractivity contribution < 1.29 is 98.9 Å². The number of guanidine groups is 2. The number of nitrogens with two attached hydrogens (primary N) is 4. The van der Waals surface area contributed by atoms with Gasteiger partial charge in [-0.05, 0) is 35.0 Å². The maximum Gasteiger partial charge on any atom is 0.280 e. The van der Waals surface area contributed by atoms with Crippen LogP contribution in [-0.4, -0.2) is 289 Å². The van der Waals surface area contributed by atoms with Crippen LogP contribution in [0.2, 0.25) is 0 Å². The molecule has 6 fully saturated rings. The number of aliphatic hydroxyl groups is 11. The first kappa shape index (κ1) is 56.1. The molecule has 30 heteroatoms. The number of ketones is 1. The molecule has 0 aromatic rings. The molecule has 30 nitrogen and oxygen atoms in total. The summed E-state index contributed by atoms with van der Waals surface area (Å²) in [6, 6.07) is -6.43. The van der Waals surface area contributed by atoms with Crippen LogP contribution in [0.15, 0.2) is 9.98 Å².